The fourth-order valence-electron chi connectivity index (χ4n) is 5.94. The summed E-state index contributed by atoms with van der Waals surface area (Å²) in [7, 11) is 3.05. The predicted octanol–water partition coefficient (Wildman–Crippen LogP) is 5.37. The Balaban J connectivity index is 1.46. The summed E-state index contributed by atoms with van der Waals surface area (Å²) in [5.41, 5.74) is 0.882. The van der Waals surface area contributed by atoms with Gasteiger partial charge < -0.3 is 19.9 Å². The number of alkyl halides is 2. The van der Waals surface area contributed by atoms with Crippen LogP contribution in [0.3, 0.4) is 0 Å². The molecule has 1 aliphatic heterocycles. The lowest BCUT2D eigenvalue weighted by molar-refractivity contribution is -0.128. The van der Waals surface area contributed by atoms with Crippen LogP contribution in [0.15, 0.2) is 48.7 Å². The molecular weight excluding hydrogens is 570 g/mol. The van der Waals surface area contributed by atoms with E-state index in [-0.39, 0.29) is 47.1 Å². The number of methoxy groups -OCH3 is 1. The Morgan fingerprint density at radius 2 is 1.86 bits per heavy atom. The fourth-order valence-corrected chi connectivity index (χ4v) is 5.94. The van der Waals surface area contributed by atoms with Crippen LogP contribution >= 0.6 is 0 Å². The van der Waals surface area contributed by atoms with Crippen LogP contribution in [0.25, 0.3) is 0 Å². The van der Waals surface area contributed by atoms with Crippen molar-refractivity contribution in [3.05, 3.63) is 71.0 Å². The lowest BCUT2D eigenvalue weighted by atomic mass is 9.82. The summed E-state index contributed by atoms with van der Waals surface area (Å²) in [4.78, 5) is 42.1. The van der Waals surface area contributed by atoms with Crippen molar-refractivity contribution in [3.63, 3.8) is 0 Å². The Kier molecular flexibility index (Phi) is 8.67. The first-order valence-corrected chi connectivity index (χ1v) is 14.5. The maximum absolute atomic E-state index is 15.3. The predicted molar refractivity (Wildman–Crippen MR) is 159 cm³/mol. The molecule has 1 unspecified atom stereocenters. The van der Waals surface area contributed by atoms with E-state index >= 15 is 8.78 Å². The SMILES string of the molecule is COc1ccc(C(=O)Nc2cnn3c2C(=O)N(c2ccc(C(F)(F)C4CCCCC4)cc2)CC3CN(C)C(C)=O)cc1C#N. The number of aromatic nitrogens is 2. The highest BCUT2D eigenvalue weighted by Gasteiger charge is 2.42. The Morgan fingerprint density at radius 1 is 1.16 bits per heavy atom. The van der Waals surface area contributed by atoms with E-state index in [2.05, 4.69) is 10.4 Å². The lowest BCUT2D eigenvalue weighted by Gasteiger charge is -2.36. The van der Waals surface area contributed by atoms with Crippen molar-refractivity contribution >= 4 is 29.1 Å². The molecule has 1 saturated carbocycles. The van der Waals surface area contributed by atoms with Gasteiger partial charge in [0.2, 0.25) is 5.91 Å². The van der Waals surface area contributed by atoms with Gasteiger partial charge in [0.25, 0.3) is 17.7 Å². The number of ether oxygens (including phenoxy) is 1. The first-order valence-electron chi connectivity index (χ1n) is 14.5. The van der Waals surface area contributed by atoms with Gasteiger partial charge in [-0.2, -0.15) is 10.4 Å². The lowest BCUT2D eigenvalue weighted by Crippen LogP contribution is -2.47. The number of anilines is 2. The second-order valence-corrected chi connectivity index (χ2v) is 11.3. The van der Waals surface area contributed by atoms with E-state index in [1.54, 1.807) is 7.05 Å². The number of carbonyl (C=O) groups is 3. The molecule has 3 aromatic rings. The number of rotatable bonds is 8. The summed E-state index contributed by atoms with van der Waals surface area (Å²) in [5, 5.41) is 16.5. The first kappa shape index (κ1) is 30.7. The number of hydrogen-bond donors (Lipinski definition) is 1. The number of carbonyl (C=O) groups excluding carboxylic acids is 3. The highest BCUT2D eigenvalue weighted by atomic mass is 19.3. The van der Waals surface area contributed by atoms with Crippen molar-refractivity contribution in [3.8, 4) is 11.8 Å². The van der Waals surface area contributed by atoms with Crippen LogP contribution in [0.4, 0.5) is 20.2 Å². The van der Waals surface area contributed by atoms with E-state index in [4.69, 9.17) is 4.74 Å². The topological polar surface area (TPSA) is 121 Å². The van der Waals surface area contributed by atoms with Gasteiger partial charge in [-0.15, -0.1) is 0 Å². The number of hydrogen-bond acceptors (Lipinski definition) is 6. The summed E-state index contributed by atoms with van der Waals surface area (Å²) in [6, 6.07) is 11.7. The molecule has 3 amide bonds. The van der Waals surface area contributed by atoms with Gasteiger partial charge in [0.1, 0.15) is 11.8 Å². The molecule has 10 nitrogen and oxygen atoms in total. The van der Waals surface area contributed by atoms with Crippen LogP contribution in [0.5, 0.6) is 5.75 Å². The summed E-state index contributed by atoms with van der Waals surface area (Å²) in [6.07, 6.45) is 4.89. The first-order chi connectivity index (χ1) is 21.0. The second-order valence-electron chi connectivity index (χ2n) is 11.3. The molecular formula is C32H34F2N6O4. The number of nitrogens with zero attached hydrogens (tertiary/aromatic N) is 5. The minimum atomic E-state index is -2.97. The number of halogens is 2. The van der Waals surface area contributed by atoms with Crippen LogP contribution in [0.1, 0.15) is 77.0 Å². The summed E-state index contributed by atoms with van der Waals surface area (Å²) in [6.45, 7) is 1.76. The zero-order chi connectivity index (χ0) is 31.6. The van der Waals surface area contributed by atoms with Crippen LogP contribution in [-0.4, -0.2) is 59.6 Å². The summed E-state index contributed by atoms with van der Waals surface area (Å²) >= 11 is 0. The Morgan fingerprint density at radius 3 is 2.50 bits per heavy atom. The molecule has 2 heterocycles. The summed E-state index contributed by atoms with van der Waals surface area (Å²) in [5.74, 6) is -4.60. The smallest absolute Gasteiger partial charge is 0.278 e. The standard InChI is InChI=1S/C32H34F2N6O4/c1-20(41)38(2)18-26-19-39(25-12-10-24(11-13-25)32(33,34)23-7-5-4-6-8-23)31(43)29-27(17-36-40(26)29)37-30(42)21-9-14-28(44-3)22(15-21)16-35/h9-15,17,23,26H,4-8,18-19H2,1-3H3,(H,37,42). The van der Waals surface area contributed by atoms with Gasteiger partial charge in [-0.3, -0.25) is 19.1 Å². The molecule has 1 aromatic heterocycles. The highest BCUT2D eigenvalue weighted by molar-refractivity contribution is 6.13. The number of benzene rings is 2. The van der Waals surface area contributed by atoms with Crippen LogP contribution in [0.2, 0.25) is 0 Å². The summed E-state index contributed by atoms with van der Waals surface area (Å²) < 4.78 is 37.3. The molecule has 1 N–H and O–H groups in total. The molecule has 5 rings (SSSR count). The van der Waals surface area contributed by atoms with Gasteiger partial charge in [0.05, 0.1) is 37.1 Å². The average molecular weight is 605 g/mol. The Hall–Kier alpha value is -4.79. The number of nitrogens with one attached hydrogen (secondary N) is 1. The van der Waals surface area contributed by atoms with Crippen LogP contribution in [-0.2, 0) is 10.7 Å². The molecule has 0 radical (unpaired) electrons. The van der Waals surface area contributed by atoms with Crippen LogP contribution < -0.4 is 15.0 Å². The normalized spacial score (nSPS) is 17.0. The van der Waals surface area contributed by atoms with E-state index in [9.17, 15) is 19.6 Å². The largest absolute Gasteiger partial charge is 0.495 e. The molecule has 0 bridgehead atoms. The van der Waals surface area contributed by atoms with Crippen molar-refractivity contribution in [2.24, 2.45) is 5.92 Å². The van der Waals surface area contributed by atoms with Gasteiger partial charge in [-0.1, -0.05) is 31.4 Å². The Labute approximate surface area is 254 Å². The van der Waals surface area contributed by atoms with Gasteiger partial charge >= 0.3 is 0 Å². The maximum atomic E-state index is 15.3. The third kappa shape index (κ3) is 5.86. The van der Waals surface area contributed by atoms with Crippen molar-refractivity contribution in [1.82, 2.24) is 14.7 Å². The molecule has 230 valence electrons. The van der Waals surface area contributed by atoms with E-state index in [1.165, 1.54) is 77.2 Å². The fraction of sp³-hybridized carbons (Fsp3) is 0.406. The minimum absolute atomic E-state index is 0.0807. The molecule has 12 heteroatoms. The third-order valence-electron chi connectivity index (χ3n) is 8.52. The maximum Gasteiger partial charge on any atom is 0.278 e. The van der Waals surface area contributed by atoms with E-state index in [0.717, 1.165) is 19.3 Å². The molecule has 1 aliphatic carbocycles. The zero-order valence-corrected chi connectivity index (χ0v) is 24.8. The quantitative estimate of drug-likeness (QED) is 0.369. The average Bonchev–Trinajstić information content (AvgIpc) is 3.46. The van der Waals surface area contributed by atoms with E-state index < -0.39 is 29.7 Å². The van der Waals surface area contributed by atoms with Crippen molar-refractivity contribution in [2.45, 2.75) is 51.0 Å². The van der Waals surface area contributed by atoms with Gasteiger partial charge in [-0.05, 0) is 43.2 Å². The van der Waals surface area contributed by atoms with Gasteiger partial charge in [0.15, 0.2) is 5.69 Å². The number of amides is 3. The Bertz CT molecular complexity index is 1610. The molecule has 2 aliphatic rings. The highest BCUT2D eigenvalue weighted by Crippen LogP contribution is 2.44. The van der Waals surface area contributed by atoms with Crippen LogP contribution in [0, 0.1) is 17.2 Å². The second kappa shape index (κ2) is 12.4. The van der Waals surface area contributed by atoms with Crippen molar-refractivity contribution in [1.29, 1.82) is 5.26 Å². The molecule has 1 fully saturated rings. The number of nitriles is 1. The van der Waals surface area contributed by atoms with E-state index in [0.29, 0.717) is 24.3 Å². The monoisotopic (exact) mass is 604 g/mol. The van der Waals surface area contributed by atoms with Crippen molar-refractivity contribution in [2.75, 3.05) is 37.5 Å². The van der Waals surface area contributed by atoms with Gasteiger partial charge in [-0.25, -0.2) is 8.78 Å². The zero-order valence-electron chi connectivity index (χ0n) is 24.8. The van der Waals surface area contributed by atoms with Gasteiger partial charge in [0, 0.05) is 43.2 Å². The number of fused-ring (bicyclic) bond motifs is 1. The molecule has 1 atom stereocenters. The molecule has 0 spiro atoms. The van der Waals surface area contributed by atoms with E-state index in [1.807, 2.05) is 6.07 Å². The van der Waals surface area contributed by atoms with Crippen molar-refractivity contribution < 1.29 is 27.9 Å². The number of likely N-dealkylation sites (N-methyl/N-ethyl adjacent to an activating group) is 1. The molecule has 0 saturated heterocycles. The third-order valence-corrected chi connectivity index (χ3v) is 8.52. The minimum Gasteiger partial charge on any atom is -0.495 e. The molecule has 44 heavy (non-hydrogen) atoms. The molecule has 2 aromatic carbocycles.